The minimum absolute atomic E-state index is 0.118. The molecule has 2 atom stereocenters. The normalized spacial score (nSPS) is 15.2. The van der Waals surface area contributed by atoms with Crippen molar-refractivity contribution >= 4 is 29.1 Å². The molecule has 1 unspecified atom stereocenters. The van der Waals surface area contributed by atoms with Gasteiger partial charge in [0.25, 0.3) is 0 Å². The topological polar surface area (TPSA) is 109 Å². The van der Waals surface area contributed by atoms with Gasteiger partial charge in [-0.2, -0.15) is 5.10 Å². The van der Waals surface area contributed by atoms with Gasteiger partial charge in [0.15, 0.2) is 0 Å². The molecule has 2 N–H and O–H groups in total. The summed E-state index contributed by atoms with van der Waals surface area (Å²) in [7, 11) is 0. The van der Waals surface area contributed by atoms with Crippen LogP contribution in [0.3, 0.4) is 0 Å². The van der Waals surface area contributed by atoms with Gasteiger partial charge in [-0.3, -0.25) is 0 Å². The molecule has 1 fully saturated rings. The van der Waals surface area contributed by atoms with E-state index in [0.29, 0.717) is 48.9 Å². The van der Waals surface area contributed by atoms with Gasteiger partial charge in [0, 0.05) is 36.9 Å². The number of rotatable bonds is 7. The SMILES string of the molecule is CCC([C@H](O)c1ccc(Cl)cc1)n1ncn(-c2ccc(N3CCN(C(=O)Nc4ccccc4)CC3)nc2)c1=O. The summed E-state index contributed by atoms with van der Waals surface area (Å²) in [6.07, 6.45) is 2.67. The first-order valence-electron chi connectivity index (χ1n) is 12.9. The lowest BCUT2D eigenvalue weighted by molar-refractivity contribution is 0.101. The van der Waals surface area contributed by atoms with E-state index in [4.69, 9.17) is 11.6 Å². The third-order valence-corrected chi connectivity index (χ3v) is 7.18. The number of hydrogen-bond acceptors (Lipinski definition) is 6. The second-order valence-corrected chi connectivity index (χ2v) is 9.78. The molecule has 0 saturated carbocycles. The largest absolute Gasteiger partial charge is 0.386 e. The number of carbonyl (C=O) groups excluding carboxylic acids is 1. The average Bonchev–Trinajstić information content (AvgIpc) is 3.35. The molecule has 2 amide bonds. The number of para-hydroxylation sites is 1. The number of halogens is 1. The Bertz CT molecular complexity index is 1450. The van der Waals surface area contributed by atoms with E-state index in [1.807, 2.05) is 49.4 Å². The third kappa shape index (κ3) is 5.81. The highest BCUT2D eigenvalue weighted by Crippen LogP contribution is 2.28. The molecule has 10 nitrogen and oxygen atoms in total. The molecule has 0 aliphatic carbocycles. The molecule has 0 radical (unpaired) electrons. The lowest BCUT2D eigenvalue weighted by atomic mass is 10.0. The lowest BCUT2D eigenvalue weighted by Gasteiger charge is -2.35. The van der Waals surface area contributed by atoms with E-state index >= 15 is 0 Å². The van der Waals surface area contributed by atoms with Crippen LogP contribution in [0.25, 0.3) is 5.69 Å². The molecule has 2 aromatic heterocycles. The average molecular weight is 548 g/mol. The number of aromatic nitrogens is 4. The Morgan fingerprint density at radius 1 is 1.03 bits per heavy atom. The molecule has 0 bridgehead atoms. The van der Waals surface area contributed by atoms with Crippen LogP contribution in [0.5, 0.6) is 0 Å². The molecule has 39 heavy (non-hydrogen) atoms. The molecule has 3 heterocycles. The van der Waals surface area contributed by atoms with Gasteiger partial charge in [0.2, 0.25) is 0 Å². The lowest BCUT2D eigenvalue weighted by Crippen LogP contribution is -2.50. The number of nitrogens with one attached hydrogen (secondary N) is 1. The number of hydrogen-bond donors (Lipinski definition) is 2. The number of pyridine rings is 1. The van der Waals surface area contributed by atoms with Crippen molar-refractivity contribution in [1.29, 1.82) is 0 Å². The van der Waals surface area contributed by atoms with E-state index in [1.165, 1.54) is 15.6 Å². The van der Waals surface area contributed by atoms with Gasteiger partial charge < -0.3 is 20.2 Å². The summed E-state index contributed by atoms with van der Waals surface area (Å²) in [6.45, 7) is 4.34. The number of aliphatic hydroxyl groups excluding tert-OH is 1. The van der Waals surface area contributed by atoms with Crippen LogP contribution >= 0.6 is 11.6 Å². The van der Waals surface area contributed by atoms with Crippen molar-refractivity contribution in [2.75, 3.05) is 36.4 Å². The van der Waals surface area contributed by atoms with E-state index in [1.54, 1.807) is 35.4 Å². The monoisotopic (exact) mass is 547 g/mol. The Labute approximate surface area is 231 Å². The fraction of sp³-hybridized carbons (Fsp3) is 0.286. The second kappa shape index (κ2) is 11.7. The minimum atomic E-state index is -0.915. The molecule has 1 aliphatic rings. The zero-order chi connectivity index (χ0) is 27.4. The first-order chi connectivity index (χ1) is 18.9. The summed E-state index contributed by atoms with van der Waals surface area (Å²) in [6, 6.07) is 19.3. The van der Waals surface area contributed by atoms with Crippen molar-refractivity contribution in [2.24, 2.45) is 0 Å². The highest BCUT2D eigenvalue weighted by atomic mass is 35.5. The van der Waals surface area contributed by atoms with Crippen LogP contribution in [0.15, 0.2) is 84.0 Å². The van der Waals surface area contributed by atoms with Crippen molar-refractivity contribution in [3.8, 4) is 5.69 Å². The van der Waals surface area contributed by atoms with E-state index in [2.05, 4.69) is 20.3 Å². The van der Waals surface area contributed by atoms with E-state index < -0.39 is 12.1 Å². The van der Waals surface area contributed by atoms with Crippen LogP contribution in [-0.4, -0.2) is 61.5 Å². The van der Waals surface area contributed by atoms with E-state index in [9.17, 15) is 14.7 Å². The summed E-state index contributed by atoms with van der Waals surface area (Å²) >= 11 is 5.97. The Kier molecular flexibility index (Phi) is 7.94. The van der Waals surface area contributed by atoms with Crippen molar-refractivity contribution in [2.45, 2.75) is 25.5 Å². The van der Waals surface area contributed by atoms with Crippen molar-refractivity contribution < 1.29 is 9.90 Å². The number of amides is 2. The van der Waals surface area contributed by atoms with Gasteiger partial charge in [-0.25, -0.2) is 23.8 Å². The van der Waals surface area contributed by atoms with Crippen LogP contribution in [-0.2, 0) is 0 Å². The maximum absolute atomic E-state index is 13.2. The van der Waals surface area contributed by atoms with Crippen LogP contribution in [0.4, 0.5) is 16.3 Å². The highest BCUT2D eigenvalue weighted by Gasteiger charge is 2.25. The number of carbonyl (C=O) groups is 1. The molecule has 11 heteroatoms. The van der Waals surface area contributed by atoms with Crippen molar-refractivity contribution in [3.63, 3.8) is 0 Å². The summed E-state index contributed by atoms with van der Waals surface area (Å²) in [4.78, 5) is 34.3. The smallest absolute Gasteiger partial charge is 0.350 e. The number of aliphatic hydroxyl groups is 1. The molecule has 1 aliphatic heterocycles. The van der Waals surface area contributed by atoms with Gasteiger partial charge in [-0.1, -0.05) is 48.9 Å². The van der Waals surface area contributed by atoms with Crippen LogP contribution < -0.4 is 15.9 Å². The predicted octanol–water partition coefficient (Wildman–Crippen LogP) is 4.12. The number of urea groups is 1. The van der Waals surface area contributed by atoms with Crippen LogP contribution in [0.2, 0.25) is 5.02 Å². The quantitative estimate of drug-likeness (QED) is 0.360. The summed E-state index contributed by atoms with van der Waals surface area (Å²) < 4.78 is 2.73. The van der Waals surface area contributed by atoms with E-state index in [-0.39, 0.29) is 11.7 Å². The van der Waals surface area contributed by atoms with Crippen LogP contribution in [0.1, 0.15) is 31.1 Å². The highest BCUT2D eigenvalue weighted by molar-refractivity contribution is 6.30. The zero-order valence-electron chi connectivity index (χ0n) is 21.5. The van der Waals surface area contributed by atoms with Gasteiger partial charge in [0.05, 0.1) is 17.9 Å². The van der Waals surface area contributed by atoms with Crippen molar-refractivity contribution in [1.82, 2.24) is 24.2 Å². The fourth-order valence-corrected chi connectivity index (χ4v) is 4.83. The molecular formula is C28H30ClN7O3. The molecule has 0 spiro atoms. The van der Waals surface area contributed by atoms with E-state index in [0.717, 1.165) is 11.5 Å². The Morgan fingerprint density at radius 3 is 2.38 bits per heavy atom. The first-order valence-corrected chi connectivity index (χ1v) is 13.2. The number of benzene rings is 2. The third-order valence-electron chi connectivity index (χ3n) is 6.93. The standard InChI is InChI=1S/C28H30ClN7O3/c1-2-24(26(37)20-8-10-21(29)11-9-20)36-28(39)35(19-31-36)23-12-13-25(30-18-23)33-14-16-34(17-15-33)27(38)32-22-6-4-3-5-7-22/h3-13,18-19,24,26,37H,2,14-17H2,1H3,(H,32,38)/t24?,26-/m1/s1. The number of piperazine rings is 1. The minimum Gasteiger partial charge on any atom is -0.386 e. The maximum Gasteiger partial charge on any atom is 0.350 e. The maximum atomic E-state index is 13.2. The Morgan fingerprint density at radius 2 is 1.74 bits per heavy atom. The van der Waals surface area contributed by atoms with Gasteiger partial charge in [-0.15, -0.1) is 0 Å². The second-order valence-electron chi connectivity index (χ2n) is 9.34. The predicted molar refractivity (Wildman–Crippen MR) is 151 cm³/mol. The summed E-state index contributed by atoms with van der Waals surface area (Å²) in [5.41, 5.74) is 1.65. The molecule has 5 rings (SSSR count). The van der Waals surface area contributed by atoms with Gasteiger partial charge in [0.1, 0.15) is 18.2 Å². The molecule has 1 saturated heterocycles. The summed E-state index contributed by atoms with van der Waals surface area (Å²) in [5.74, 6) is 0.770. The summed E-state index contributed by atoms with van der Waals surface area (Å²) in [5, 5.41) is 18.7. The number of anilines is 2. The zero-order valence-corrected chi connectivity index (χ0v) is 22.3. The Hall–Kier alpha value is -4.15. The molecular weight excluding hydrogens is 518 g/mol. The molecule has 202 valence electrons. The number of nitrogens with zero attached hydrogens (tertiary/aromatic N) is 6. The van der Waals surface area contributed by atoms with Gasteiger partial charge >= 0.3 is 11.7 Å². The van der Waals surface area contributed by atoms with Gasteiger partial charge in [-0.05, 0) is 48.4 Å². The fourth-order valence-electron chi connectivity index (χ4n) is 4.70. The van der Waals surface area contributed by atoms with Crippen LogP contribution in [0, 0.1) is 0 Å². The Balaban J connectivity index is 1.23. The molecule has 2 aromatic carbocycles. The van der Waals surface area contributed by atoms with Crippen molar-refractivity contribution in [3.05, 3.63) is 100 Å². The first kappa shape index (κ1) is 26.5. The molecule has 4 aromatic rings.